The summed E-state index contributed by atoms with van der Waals surface area (Å²) in [4.78, 5) is 14.2. The SMILES string of the molecule is Cc1ccc(S(N)(=O)=O)c(C(=O)N2CCC(C)(C)C2)c1. The third-order valence-electron chi connectivity index (χ3n) is 3.64. The lowest BCUT2D eigenvalue weighted by Crippen LogP contribution is -2.32. The maximum absolute atomic E-state index is 12.6. The number of hydrogen-bond donors (Lipinski definition) is 1. The third-order valence-corrected chi connectivity index (χ3v) is 4.61. The lowest BCUT2D eigenvalue weighted by atomic mass is 9.93. The molecule has 0 saturated carbocycles. The molecule has 0 unspecified atom stereocenters. The largest absolute Gasteiger partial charge is 0.338 e. The molecule has 0 aromatic heterocycles. The van der Waals surface area contributed by atoms with Gasteiger partial charge in [0.25, 0.3) is 5.91 Å². The standard InChI is InChI=1S/C14H20N2O3S/c1-10-4-5-12(20(15,18)19)11(8-10)13(17)16-7-6-14(2,3)9-16/h4-5,8H,6-7,9H2,1-3H3,(H2,15,18,19). The molecule has 1 amide bonds. The number of primary sulfonamides is 1. The van der Waals surface area contributed by atoms with E-state index in [1.807, 2.05) is 6.92 Å². The molecule has 0 radical (unpaired) electrons. The van der Waals surface area contributed by atoms with Crippen LogP contribution >= 0.6 is 0 Å². The van der Waals surface area contributed by atoms with Gasteiger partial charge in [-0.15, -0.1) is 0 Å². The van der Waals surface area contributed by atoms with Crippen LogP contribution in [0, 0.1) is 12.3 Å². The molecule has 6 heteroatoms. The van der Waals surface area contributed by atoms with E-state index in [4.69, 9.17) is 5.14 Å². The van der Waals surface area contributed by atoms with Gasteiger partial charge in [-0.1, -0.05) is 25.5 Å². The van der Waals surface area contributed by atoms with Crippen LogP contribution in [0.5, 0.6) is 0 Å². The van der Waals surface area contributed by atoms with Crippen molar-refractivity contribution in [2.24, 2.45) is 10.6 Å². The Bertz CT molecular complexity index is 650. The van der Waals surface area contributed by atoms with Crippen LogP contribution in [0.1, 0.15) is 36.2 Å². The van der Waals surface area contributed by atoms with Crippen LogP contribution < -0.4 is 5.14 Å². The van der Waals surface area contributed by atoms with E-state index in [1.165, 1.54) is 6.07 Å². The first-order valence-electron chi connectivity index (χ1n) is 6.53. The summed E-state index contributed by atoms with van der Waals surface area (Å²) in [5.41, 5.74) is 1.07. The summed E-state index contributed by atoms with van der Waals surface area (Å²) in [7, 11) is -3.90. The molecule has 1 aliphatic heterocycles. The predicted octanol–water partition coefficient (Wildman–Crippen LogP) is 1.51. The predicted molar refractivity (Wildman–Crippen MR) is 76.9 cm³/mol. The Labute approximate surface area is 119 Å². The van der Waals surface area contributed by atoms with Crippen LogP contribution in [-0.2, 0) is 10.0 Å². The van der Waals surface area contributed by atoms with E-state index in [0.29, 0.717) is 13.1 Å². The van der Waals surface area contributed by atoms with Crippen LogP contribution in [-0.4, -0.2) is 32.3 Å². The molecule has 1 fully saturated rings. The van der Waals surface area contributed by atoms with Crippen molar-refractivity contribution < 1.29 is 13.2 Å². The van der Waals surface area contributed by atoms with E-state index in [1.54, 1.807) is 17.0 Å². The van der Waals surface area contributed by atoms with Gasteiger partial charge in [0.15, 0.2) is 0 Å². The van der Waals surface area contributed by atoms with Crippen LogP contribution in [0.3, 0.4) is 0 Å². The highest BCUT2D eigenvalue weighted by Gasteiger charge is 2.34. The highest BCUT2D eigenvalue weighted by atomic mass is 32.2. The van der Waals surface area contributed by atoms with Crippen molar-refractivity contribution >= 4 is 15.9 Å². The Morgan fingerprint density at radius 2 is 2.00 bits per heavy atom. The molecule has 5 nitrogen and oxygen atoms in total. The molecule has 1 aromatic rings. The number of nitrogens with zero attached hydrogens (tertiary/aromatic N) is 1. The summed E-state index contributed by atoms with van der Waals surface area (Å²) in [6.07, 6.45) is 0.912. The smallest absolute Gasteiger partial charge is 0.255 e. The van der Waals surface area contributed by atoms with E-state index >= 15 is 0 Å². The summed E-state index contributed by atoms with van der Waals surface area (Å²) >= 11 is 0. The second-order valence-corrected chi connectivity index (χ2v) is 7.72. The molecular formula is C14H20N2O3S. The normalized spacial score (nSPS) is 18.3. The van der Waals surface area contributed by atoms with Gasteiger partial charge in [0.05, 0.1) is 10.5 Å². The number of aryl methyl sites for hydroxylation is 1. The minimum atomic E-state index is -3.90. The Hall–Kier alpha value is -1.40. The molecule has 2 rings (SSSR count). The summed E-state index contributed by atoms with van der Waals surface area (Å²) in [5.74, 6) is -0.261. The Morgan fingerprint density at radius 1 is 1.35 bits per heavy atom. The van der Waals surface area contributed by atoms with Crippen LogP contribution in [0.4, 0.5) is 0 Å². The fourth-order valence-corrected chi connectivity index (χ4v) is 3.23. The van der Waals surface area contributed by atoms with Gasteiger partial charge in [-0.25, -0.2) is 13.6 Å². The van der Waals surface area contributed by atoms with Gasteiger partial charge in [0, 0.05) is 13.1 Å². The monoisotopic (exact) mass is 296 g/mol. The zero-order valence-corrected chi connectivity index (χ0v) is 12.8. The zero-order chi connectivity index (χ0) is 15.1. The summed E-state index contributed by atoms with van der Waals surface area (Å²) in [6, 6.07) is 4.64. The van der Waals surface area contributed by atoms with Gasteiger partial charge < -0.3 is 4.90 Å². The second-order valence-electron chi connectivity index (χ2n) is 6.19. The summed E-state index contributed by atoms with van der Waals surface area (Å²) in [6.45, 7) is 7.28. The lowest BCUT2D eigenvalue weighted by Gasteiger charge is -2.21. The third kappa shape index (κ3) is 3.02. The van der Waals surface area contributed by atoms with E-state index in [9.17, 15) is 13.2 Å². The molecule has 1 aromatic carbocycles. The van der Waals surface area contributed by atoms with Crippen molar-refractivity contribution in [3.63, 3.8) is 0 Å². The average Bonchev–Trinajstić information content (AvgIpc) is 2.67. The second kappa shape index (κ2) is 4.86. The number of amides is 1. The maximum Gasteiger partial charge on any atom is 0.255 e. The number of nitrogens with two attached hydrogens (primary N) is 1. The highest BCUT2D eigenvalue weighted by molar-refractivity contribution is 7.89. The van der Waals surface area contributed by atoms with Crippen molar-refractivity contribution in [3.8, 4) is 0 Å². The first-order valence-corrected chi connectivity index (χ1v) is 8.07. The first kappa shape index (κ1) is 15.0. The molecule has 1 aliphatic rings. The zero-order valence-electron chi connectivity index (χ0n) is 12.0. The van der Waals surface area contributed by atoms with Crippen LogP contribution in [0.2, 0.25) is 0 Å². The Kier molecular flexibility index (Phi) is 3.64. The number of likely N-dealkylation sites (tertiary alicyclic amines) is 1. The molecule has 0 atom stereocenters. The number of carbonyl (C=O) groups excluding carboxylic acids is 1. The fourth-order valence-electron chi connectivity index (χ4n) is 2.52. The topological polar surface area (TPSA) is 80.5 Å². The van der Waals surface area contributed by atoms with Gasteiger partial charge in [0.2, 0.25) is 10.0 Å². The van der Waals surface area contributed by atoms with E-state index in [-0.39, 0.29) is 21.8 Å². The molecule has 110 valence electrons. The lowest BCUT2D eigenvalue weighted by molar-refractivity contribution is 0.0774. The van der Waals surface area contributed by atoms with Crippen molar-refractivity contribution in [2.45, 2.75) is 32.1 Å². The van der Waals surface area contributed by atoms with Gasteiger partial charge >= 0.3 is 0 Å². The van der Waals surface area contributed by atoms with Crippen molar-refractivity contribution in [3.05, 3.63) is 29.3 Å². The van der Waals surface area contributed by atoms with Gasteiger partial charge in [-0.3, -0.25) is 4.79 Å². The fraction of sp³-hybridized carbons (Fsp3) is 0.500. The minimum absolute atomic E-state index is 0.0707. The Morgan fingerprint density at radius 3 is 2.50 bits per heavy atom. The van der Waals surface area contributed by atoms with Crippen molar-refractivity contribution in [1.29, 1.82) is 0 Å². The number of benzene rings is 1. The van der Waals surface area contributed by atoms with Gasteiger partial charge in [-0.2, -0.15) is 0 Å². The average molecular weight is 296 g/mol. The van der Waals surface area contributed by atoms with E-state index in [0.717, 1.165) is 12.0 Å². The summed E-state index contributed by atoms with van der Waals surface area (Å²) < 4.78 is 23.2. The molecule has 0 aliphatic carbocycles. The molecule has 1 heterocycles. The quantitative estimate of drug-likeness (QED) is 0.898. The molecule has 0 spiro atoms. The number of hydrogen-bond acceptors (Lipinski definition) is 3. The molecular weight excluding hydrogens is 276 g/mol. The van der Waals surface area contributed by atoms with E-state index in [2.05, 4.69) is 13.8 Å². The molecule has 0 bridgehead atoms. The highest BCUT2D eigenvalue weighted by Crippen LogP contribution is 2.30. The van der Waals surface area contributed by atoms with E-state index < -0.39 is 10.0 Å². The molecule has 2 N–H and O–H groups in total. The number of sulfonamides is 1. The number of rotatable bonds is 2. The van der Waals surface area contributed by atoms with Crippen LogP contribution in [0.25, 0.3) is 0 Å². The molecule has 1 saturated heterocycles. The first-order chi connectivity index (χ1) is 9.10. The Balaban J connectivity index is 2.42. The van der Waals surface area contributed by atoms with Gasteiger partial charge in [-0.05, 0) is 30.9 Å². The van der Waals surface area contributed by atoms with Crippen molar-refractivity contribution in [2.75, 3.05) is 13.1 Å². The molecule has 20 heavy (non-hydrogen) atoms. The minimum Gasteiger partial charge on any atom is -0.338 e. The van der Waals surface area contributed by atoms with Crippen LogP contribution in [0.15, 0.2) is 23.1 Å². The summed E-state index contributed by atoms with van der Waals surface area (Å²) in [5, 5.41) is 5.20. The van der Waals surface area contributed by atoms with Gasteiger partial charge in [0.1, 0.15) is 0 Å². The number of carbonyl (C=O) groups is 1. The van der Waals surface area contributed by atoms with Crippen molar-refractivity contribution in [1.82, 2.24) is 4.90 Å². The maximum atomic E-state index is 12.6.